The van der Waals surface area contributed by atoms with Gasteiger partial charge in [-0.25, -0.2) is 4.79 Å². The van der Waals surface area contributed by atoms with Crippen LogP contribution < -0.4 is 10.6 Å². The molecule has 3 rings (SSSR count). The maximum Gasteiger partial charge on any atom is 0.319 e. The lowest BCUT2D eigenvalue weighted by atomic mass is 10.2. The minimum atomic E-state index is -0.252. The molecule has 0 spiro atoms. The highest BCUT2D eigenvalue weighted by Gasteiger charge is 2.36. The molecular weight excluding hydrogens is 358 g/mol. The standard InChI is InChI=1S/C17H22BrN3O2/c1-11-8-12(6-7-15(11)18)19-17(23)20-13-9-16(22)21(10-13)14-4-2-3-5-14/h6-8,13-14H,2-5,9-10H2,1H3,(H2,19,20,23)/t13-/m1/s1. The van der Waals surface area contributed by atoms with Gasteiger partial charge in [0.25, 0.3) is 0 Å². The van der Waals surface area contributed by atoms with Crippen LogP contribution in [0, 0.1) is 6.92 Å². The average Bonchev–Trinajstić information content (AvgIpc) is 3.12. The SMILES string of the molecule is Cc1cc(NC(=O)N[C@@H]2CC(=O)N(C3CCCC3)C2)ccc1Br. The highest BCUT2D eigenvalue weighted by molar-refractivity contribution is 9.10. The number of benzene rings is 1. The fourth-order valence-corrected chi connectivity index (χ4v) is 3.72. The van der Waals surface area contributed by atoms with Gasteiger partial charge < -0.3 is 15.5 Å². The van der Waals surface area contributed by atoms with Gasteiger partial charge in [0.2, 0.25) is 5.91 Å². The number of urea groups is 1. The van der Waals surface area contributed by atoms with Gasteiger partial charge >= 0.3 is 6.03 Å². The second-order valence-corrected chi connectivity index (χ2v) is 7.30. The van der Waals surface area contributed by atoms with E-state index in [1.807, 2.05) is 30.0 Å². The van der Waals surface area contributed by atoms with E-state index in [-0.39, 0.29) is 18.0 Å². The highest BCUT2D eigenvalue weighted by atomic mass is 79.9. The minimum Gasteiger partial charge on any atom is -0.338 e. The van der Waals surface area contributed by atoms with Crippen LogP contribution in [0.5, 0.6) is 0 Å². The predicted molar refractivity (Wildman–Crippen MR) is 93.4 cm³/mol. The molecule has 0 unspecified atom stereocenters. The lowest BCUT2D eigenvalue weighted by Crippen LogP contribution is -2.41. The van der Waals surface area contributed by atoms with Crippen LogP contribution in [0.3, 0.4) is 0 Å². The normalized spacial score (nSPS) is 21.7. The molecule has 124 valence electrons. The van der Waals surface area contributed by atoms with Crippen molar-refractivity contribution in [3.63, 3.8) is 0 Å². The van der Waals surface area contributed by atoms with E-state index in [1.54, 1.807) is 0 Å². The molecule has 2 aliphatic rings. The molecule has 1 aromatic rings. The van der Waals surface area contributed by atoms with Crippen molar-refractivity contribution < 1.29 is 9.59 Å². The Kier molecular flexibility index (Phi) is 4.90. The molecule has 1 aliphatic heterocycles. The third kappa shape index (κ3) is 3.86. The third-order valence-corrected chi connectivity index (χ3v) is 5.56. The van der Waals surface area contributed by atoms with E-state index in [0.717, 1.165) is 28.6 Å². The lowest BCUT2D eigenvalue weighted by Gasteiger charge is -2.24. The Labute approximate surface area is 144 Å². The van der Waals surface area contributed by atoms with E-state index < -0.39 is 0 Å². The number of nitrogens with zero attached hydrogens (tertiary/aromatic N) is 1. The molecular formula is C17H22BrN3O2. The number of halogens is 1. The van der Waals surface area contributed by atoms with Gasteiger partial charge in [0, 0.05) is 29.2 Å². The van der Waals surface area contributed by atoms with Crippen LogP contribution in [-0.2, 0) is 4.79 Å². The van der Waals surface area contributed by atoms with Crippen molar-refractivity contribution >= 4 is 33.6 Å². The predicted octanol–water partition coefficient (Wildman–Crippen LogP) is 3.42. The summed E-state index contributed by atoms with van der Waals surface area (Å²) in [7, 11) is 0. The van der Waals surface area contributed by atoms with Gasteiger partial charge in [-0.2, -0.15) is 0 Å². The fourth-order valence-electron chi connectivity index (χ4n) is 3.47. The molecule has 0 radical (unpaired) electrons. The van der Waals surface area contributed by atoms with E-state index >= 15 is 0 Å². The summed E-state index contributed by atoms with van der Waals surface area (Å²) in [4.78, 5) is 26.2. The molecule has 6 heteroatoms. The molecule has 2 N–H and O–H groups in total. The number of rotatable bonds is 3. The molecule has 5 nitrogen and oxygen atoms in total. The van der Waals surface area contributed by atoms with Crippen LogP contribution in [0.1, 0.15) is 37.7 Å². The van der Waals surface area contributed by atoms with Gasteiger partial charge in [0.15, 0.2) is 0 Å². The smallest absolute Gasteiger partial charge is 0.319 e. The van der Waals surface area contributed by atoms with Crippen molar-refractivity contribution in [2.75, 3.05) is 11.9 Å². The van der Waals surface area contributed by atoms with Crippen molar-refractivity contribution in [2.24, 2.45) is 0 Å². The third-order valence-electron chi connectivity index (χ3n) is 4.67. The van der Waals surface area contributed by atoms with Gasteiger partial charge in [0.1, 0.15) is 0 Å². The van der Waals surface area contributed by atoms with Gasteiger partial charge in [-0.05, 0) is 43.5 Å². The number of carbonyl (C=O) groups is 2. The summed E-state index contributed by atoms with van der Waals surface area (Å²) < 4.78 is 1.01. The summed E-state index contributed by atoms with van der Waals surface area (Å²) in [5, 5.41) is 5.76. The Morgan fingerprint density at radius 1 is 1.30 bits per heavy atom. The van der Waals surface area contributed by atoms with E-state index in [1.165, 1.54) is 12.8 Å². The largest absolute Gasteiger partial charge is 0.338 e. The molecule has 1 aromatic carbocycles. The monoisotopic (exact) mass is 379 g/mol. The summed E-state index contributed by atoms with van der Waals surface area (Å²) in [5.41, 5.74) is 1.81. The number of hydrogen-bond acceptors (Lipinski definition) is 2. The van der Waals surface area contributed by atoms with Crippen LogP contribution in [0.4, 0.5) is 10.5 Å². The first-order chi connectivity index (χ1) is 11.0. The van der Waals surface area contributed by atoms with Gasteiger partial charge in [-0.1, -0.05) is 28.8 Å². The van der Waals surface area contributed by atoms with E-state index in [4.69, 9.17) is 0 Å². The Bertz CT molecular complexity index is 614. The second kappa shape index (κ2) is 6.91. The van der Waals surface area contributed by atoms with Crippen LogP contribution in [0.15, 0.2) is 22.7 Å². The Hall–Kier alpha value is -1.56. The Morgan fingerprint density at radius 2 is 2.04 bits per heavy atom. The van der Waals surface area contributed by atoms with Crippen molar-refractivity contribution in [3.05, 3.63) is 28.2 Å². The Morgan fingerprint density at radius 3 is 2.74 bits per heavy atom. The minimum absolute atomic E-state index is 0.0976. The maximum absolute atomic E-state index is 12.1. The second-order valence-electron chi connectivity index (χ2n) is 6.45. The summed E-state index contributed by atoms with van der Waals surface area (Å²) in [5.74, 6) is 0.168. The summed E-state index contributed by atoms with van der Waals surface area (Å²) >= 11 is 3.44. The zero-order chi connectivity index (χ0) is 16.4. The number of nitrogens with one attached hydrogen (secondary N) is 2. The van der Waals surface area contributed by atoms with Crippen molar-refractivity contribution in [1.29, 1.82) is 0 Å². The first kappa shape index (κ1) is 16.3. The van der Waals surface area contributed by atoms with Gasteiger partial charge in [-0.3, -0.25) is 4.79 Å². The van der Waals surface area contributed by atoms with Gasteiger partial charge in [0.05, 0.1) is 6.04 Å². The number of amides is 3. The molecule has 2 fully saturated rings. The number of anilines is 1. The Balaban J connectivity index is 1.54. The lowest BCUT2D eigenvalue weighted by molar-refractivity contribution is -0.129. The van der Waals surface area contributed by atoms with Gasteiger partial charge in [-0.15, -0.1) is 0 Å². The first-order valence-corrected chi connectivity index (χ1v) is 8.95. The van der Waals surface area contributed by atoms with E-state index in [9.17, 15) is 9.59 Å². The van der Waals surface area contributed by atoms with Crippen LogP contribution in [0.25, 0.3) is 0 Å². The van der Waals surface area contributed by atoms with Crippen LogP contribution in [-0.4, -0.2) is 35.5 Å². The molecule has 1 aliphatic carbocycles. The molecule has 1 saturated heterocycles. The average molecular weight is 380 g/mol. The summed E-state index contributed by atoms with van der Waals surface area (Å²) in [6.45, 7) is 2.61. The molecule has 0 aromatic heterocycles. The number of aryl methyl sites for hydroxylation is 1. The molecule has 23 heavy (non-hydrogen) atoms. The van der Waals surface area contributed by atoms with E-state index in [0.29, 0.717) is 19.0 Å². The fraction of sp³-hybridized carbons (Fsp3) is 0.529. The first-order valence-electron chi connectivity index (χ1n) is 8.16. The number of likely N-dealkylation sites (tertiary alicyclic amines) is 1. The van der Waals surface area contributed by atoms with Crippen LogP contribution >= 0.6 is 15.9 Å². The van der Waals surface area contributed by atoms with E-state index in [2.05, 4.69) is 26.6 Å². The summed E-state index contributed by atoms with van der Waals surface area (Å²) in [6.07, 6.45) is 5.01. The van der Waals surface area contributed by atoms with Crippen molar-refractivity contribution in [3.8, 4) is 0 Å². The van der Waals surface area contributed by atoms with Crippen molar-refractivity contribution in [2.45, 2.75) is 51.1 Å². The van der Waals surface area contributed by atoms with Crippen LogP contribution in [0.2, 0.25) is 0 Å². The summed E-state index contributed by atoms with van der Waals surface area (Å²) in [6, 6.07) is 5.70. The maximum atomic E-state index is 12.1. The highest BCUT2D eigenvalue weighted by Crippen LogP contribution is 2.27. The van der Waals surface area contributed by atoms with Crippen molar-refractivity contribution in [1.82, 2.24) is 10.2 Å². The molecule has 1 atom stereocenters. The molecule has 0 bridgehead atoms. The number of carbonyl (C=O) groups excluding carboxylic acids is 2. The number of hydrogen-bond donors (Lipinski definition) is 2. The topological polar surface area (TPSA) is 61.4 Å². The molecule has 1 saturated carbocycles. The molecule has 1 heterocycles. The quantitative estimate of drug-likeness (QED) is 0.844. The zero-order valence-corrected chi connectivity index (χ0v) is 14.9. The molecule has 3 amide bonds. The zero-order valence-electron chi connectivity index (χ0n) is 13.3.